The van der Waals surface area contributed by atoms with Crippen molar-refractivity contribution in [1.29, 1.82) is 0 Å². The summed E-state index contributed by atoms with van der Waals surface area (Å²) in [6.07, 6.45) is 1.55. The number of nitrogens with zero attached hydrogens (tertiary/aromatic N) is 1. The van der Waals surface area contributed by atoms with E-state index in [1.165, 1.54) is 0 Å². The van der Waals surface area contributed by atoms with Crippen molar-refractivity contribution in [2.45, 2.75) is 0 Å². The van der Waals surface area contributed by atoms with Crippen LogP contribution >= 0.6 is 0 Å². The maximum Gasteiger partial charge on any atom is 0.379 e. The smallest absolute Gasteiger partial charge is 0.379 e. The molecule has 0 aliphatic carbocycles. The van der Waals surface area contributed by atoms with Crippen LogP contribution in [0.25, 0.3) is 0 Å². The molecule has 0 aromatic heterocycles. The van der Waals surface area contributed by atoms with Crippen LogP contribution in [-0.2, 0) is 19.3 Å². The molecule has 1 aromatic carbocycles. The van der Waals surface area contributed by atoms with Crippen molar-refractivity contribution in [3.8, 4) is 0 Å². The van der Waals surface area contributed by atoms with Gasteiger partial charge in [-0.2, -0.15) is 4.89 Å². The van der Waals surface area contributed by atoms with E-state index in [2.05, 4.69) is 9.78 Å². The summed E-state index contributed by atoms with van der Waals surface area (Å²) in [4.78, 5) is 34.0. The van der Waals surface area contributed by atoms with Crippen LogP contribution in [0, 0.1) is 0 Å². The number of carbonyl (C=O) groups is 2. The van der Waals surface area contributed by atoms with E-state index in [9.17, 15) is 9.59 Å². The number of ether oxygens (including phenoxy) is 1. The first-order valence-electron chi connectivity index (χ1n) is 6.12. The van der Waals surface area contributed by atoms with Gasteiger partial charge in [-0.1, -0.05) is 0 Å². The van der Waals surface area contributed by atoms with Crippen molar-refractivity contribution in [1.82, 2.24) is 0 Å². The molecule has 0 saturated carbocycles. The van der Waals surface area contributed by atoms with Crippen LogP contribution < -0.4 is 4.90 Å². The maximum absolute atomic E-state index is 11.8. The Hall–Kier alpha value is -2.54. The molecule has 0 fully saturated rings. The van der Waals surface area contributed by atoms with Gasteiger partial charge in [0.15, 0.2) is 6.26 Å². The molecule has 7 nitrogen and oxygen atoms in total. The molecular weight excluding hydrogens is 278 g/mol. The Kier molecular flexibility index (Phi) is 6.76. The SMILES string of the molecule is CN(C)c1ccc(C(=O)C(=O)OCCOO/C=C\O)cc1. The first kappa shape index (κ1) is 16.5. The van der Waals surface area contributed by atoms with E-state index in [0.29, 0.717) is 6.26 Å². The molecule has 0 heterocycles. The number of ketones is 1. The summed E-state index contributed by atoms with van der Waals surface area (Å²) in [5.41, 5.74) is 1.17. The molecule has 1 N–H and O–H groups in total. The van der Waals surface area contributed by atoms with Crippen molar-refractivity contribution in [2.24, 2.45) is 0 Å². The summed E-state index contributed by atoms with van der Waals surface area (Å²) in [5.74, 6) is -1.69. The fraction of sp³-hybridized carbons (Fsp3) is 0.286. The molecule has 0 unspecified atom stereocenters. The van der Waals surface area contributed by atoms with E-state index in [-0.39, 0.29) is 18.8 Å². The minimum atomic E-state index is -0.964. The first-order valence-corrected chi connectivity index (χ1v) is 6.12. The summed E-state index contributed by atoms with van der Waals surface area (Å²) in [7, 11) is 3.75. The second-order valence-electron chi connectivity index (χ2n) is 4.11. The Morgan fingerprint density at radius 1 is 1.19 bits per heavy atom. The average molecular weight is 295 g/mol. The fourth-order valence-electron chi connectivity index (χ4n) is 1.37. The molecule has 0 amide bonds. The van der Waals surface area contributed by atoms with Crippen LogP contribution in [0.5, 0.6) is 0 Å². The van der Waals surface area contributed by atoms with Gasteiger partial charge in [-0.05, 0) is 24.3 Å². The Labute approximate surface area is 122 Å². The second-order valence-corrected chi connectivity index (χ2v) is 4.11. The minimum absolute atomic E-state index is 0.0665. The molecule has 114 valence electrons. The van der Waals surface area contributed by atoms with Crippen LogP contribution in [0.1, 0.15) is 10.4 Å². The molecular formula is C14H17NO6. The number of anilines is 1. The highest BCUT2D eigenvalue weighted by Crippen LogP contribution is 2.12. The van der Waals surface area contributed by atoms with Gasteiger partial charge in [0, 0.05) is 25.3 Å². The zero-order chi connectivity index (χ0) is 15.7. The first-order chi connectivity index (χ1) is 10.1. The summed E-state index contributed by atoms with van der Waals surface area (Å²) in [5, 5.41) is 8.25. The van der Waals surface area contributed by atoms with Gasteiger partial charge in [0.25, 0.3) is 5.78 Å². The lowest BCUT2D eigenvalue weighted by Crippen LogP contribution is -2.20. The lowest BCUT2D eigenvalue weighted by Gasteiger charge is -2.12. The quantitative estimate of drug-likeness (QED) is 0.148. The molecule has 0 radical (unpaired) electrons. The number of hydrogen-bond acceptors (Lipinski definition) is 7. The largest absolute Gasteiger partial charge is 0.512 e. The molecule has 1 aromatic rings. The van der Waals surface area contributed by atoms with Crippen LogP contribution in [0.2, 0.25) is 0 Å². The summed E-state index contributed by atoms with van der Waals surface area (Å²) in [6.45, 7) is -0.206. The molecule has 21 heavy (non-hydrogen) atoms. The normalized spacial score (nSPS) is 10.4. The number of carbonyl (C=O) groups excluding carboxylic acids is 2. The van der Waals surface area contributed by atoms with E-state index in [4.69, 9.17) is 9.84 Å². The van der Waals surface area contributed by atoms with Gasteiger partial charge in [0.2, 0.25) is 0 Å². The van der Waals surface area contributed by atoms with E-state index < -0.39 is 11.8 Å². The highest BCUT2D eigenvalue weighted by molar-refractivity contribution is 6.40. The summed E-state index contributed by atoms with van der Waals surface area (Å²) < 4.78 is 4.73. The van der Waals surface area contributed by atoms with Gasteiger partial charge in [-0.25, -0.2) is 4.79 Å². The third-order valence-electron chi connectivity index (χ3n) is 2.42. The molecule has 7 heteroatoms. The average Bonchev–Trinajstić information content (AvgIpc) is 2.49. The number of aliphatic hydroxyl groups is 1. The molecule has 0 atom stereocenters. The second kappa shape index (κ2) is 8.60. The van der Waals surface area contributed by atoms with Crippen molar-refractivity contribution >= 4 is 17.4 Å². The molecule has 0 aliphatic heterocycles. The lowest BCUT2D eigenvalue weighted by molar-refractivity contribution is -0.254. The predicted octanol–water partition coefficient (Wildman–Crippen LogP) is 1.46. The van der Waals surface area contributed by atoms with Crippen molar-refractivity contribution in [3.63, 3.8) is 0 Å². The number of hydrogen-bond donors (Lipinski definition) is 1. The predicted molar refractivity (Wildman–Crippen MR) is 74.9 cm³/mol. The van der Waals surface area contributed by atoms with E-state index >= 15 is 0 Å². The summed E-state index contributed by atoms with van der Waals surface area (Å²) in [6, 6.07) is 6.59. The Bertz CT molecular complexity index is 495. The van der Waals surface area contributed by atoms with Crippen molar-refractivity contribution < 1.29 is 29.2 Å². The van der Waals surface area contributed by atoms with Gasteiger partial charge >= 0.3 is 5.97 Å². The lowest BCUT2D eigenvalue weighted by atomic mass is 10.1. The monoisotopic (exact) mass is 295 g/mol. The number of aliphatic hydroxyl groups excluding tert-OH is 1. The fourth-order valence-corrected chi connectivity index (χ4v) is 1.37. The van der Waals surface area contributed by atoms with Crippen LogP contribution in [0.15, 0.2) is 36.8 Å². The molecule has 1 rings (SSSR count). The van der Waals surface area contributed by atoms with Gasteiger partial charge in [-0.3, -0.25) is 4.79 Å². The number of benzene rings is 1. The number of Topliss-reactive ketones (excluding diaryl/α,β-unsaturated/α-hetero) is 1. The van der Waals surface area contributed by atoms with Gasteiger partial charge in [-0.15, -0.1) is 0 Å². The van der Waals surface area contributed by atoms with E-state index in [1.54, 1.807) is 24.3 Å². The summed E-state index contributed by atoms with van der Waals surface area (Å²) >= 11 is 0. The molecule has 0 bridgehead atoms. The standard InChI is InChI=1S/C14H17NO6/c1-15(2)12-5-3-11(4-6-12)13(17)14(18)19-9-10-21-20-8-7-16/h3-8,16H,9-10H2,1-2H3/b8-7-. The van der Waals surface area contributed by atoms with E-state index in [1.807, 2.05) is 19.0 Å². The van der Waals surface area contributed by atoms with Crippen LogP contribution in [0.3, 0.4) is 0 Å². The minimum Gasteiger partial charge on any atom is -0.512 e. The van der Waals surface area contributed by atoms with Gasteiger partial charge in [0.1, 0.15) is 19.5 Å². The van der Waals surface area contributed by atoms with Crippen molar-refractivity contribution in [2.75, 3.05) is 32.2 Å². The molecule has 0 spiro atoms. The van der Waals surface area contributed by atoms with Gasteiger partial charge in [0.05, 0.1) is 0 Å². The zero-order valence-electron chi connectivity index (χ0n) is 11.8. The third-order valence-corrected chi connectivity index (χ3v) is 2.42. The van der Waals surface area contributed by atoms with Gasteiger partial charge < -0.3 is 19.6 Å². The van der Waals surface area contributed by atoms with Crippen molar-refractivity contribution in [3.05, 3.63) is 42.4 Å². The number of rotatable bonds is 8. The van der Waals surface area contributed by atoms with Crippen LogP contribution in [-0.4, -0.2) is 44.2 Å². The zero-order valence-corrected chi connectivity index (χ0v) is 11.8. The third kappa shape index (κ3) is 5.53. The topological polar surface area (TPSA) is 85.3 Å². The Morgan fingerprint density at radius 2 is 1.86 bits per heavy atom. The number of esters is 1. The van der Waals surface area contributed by atoms with E-state index in [0.717, 1.165) is 11.9 Å². The highest BCUT2D eigenvalue weighted by atomic mass is 17.2. The molecule has 0 aliphatic rings. The highest BCUT2D eigenvalue weighted by Gasteiger charge is 2.17. The Morgan fingerprint density at radius 3 is 2.43 bits per heavy atom. The molecule has 0 saturated heterocycles. The Balaban J connectivity index is 2.41. The maximum atomic E-state index is 11.8. The van der Waals surface area contributed by atoms with Crippen LogP contribution in [0.4, 0.5) is 5.69 Å².